The number of rotatable bonds is 6. The lowest BCUT2D eigenvalue weighted by atomic mass is 10.1. The molecule has 30 heavy (non-hydrogen) atoms. The molecule has 10 heteroatoms. The molecular weight excluding hydrogens is 474 g/mol. The summed E-state index contributed by atoms with van der Waals surface area (Å²) in [6.45, 7) is 0.000587. The fourth-order valence-corrected chi connectivity index (χ4v) is 3.64. The van der Waals surface area contributed by atoms with Gasteiger partial charge in [-0.3, -0.25) is 20.2 Å². The summed E-state index contributed by atoms with van der Waals surface area (Å²) in [4.78, 5) is 38.4. The summed E-state index contributed by atoms with van der Waals surface area (Å²) in [5.41, 5.74) is 0.816. The molecule has 2 aromatic carbocycles. The molecule has 8 nitrogen and oxygen atoms in total. The Kier molecular flexibility index (Phi) is 6.38. The van der Waals surface area contributed by atoms with E-state index in [2.05, 4.69) is 10.3 Å². The Balaban J connectivity index is 0.00000256. The number of H-pyrrole nitrogens is 1. The standard InChI is InChI=1S/C20H13N3O5S.BrH/c24-16(12-5-7-14(8-6-12)23(26)27)10-21-20-22-11-18(29-20)15-9-13-3-1-2-4-17(13)28-19(15)25;/h1-9,11H,10H2,(H,21,22);1H/p+1. The third-order valence-electron chi connectivity index (χ3n) is 4.26. The summed E-state index contributed by atoms with van der Waals surface area (Å²) in [7, 11) is 0. The van der Waals surface area contributed by atoms with E-state index in [0.29, 0.717) is 26.7 Å². The van der Waals surface area contributed by atoms with Crippen LogP contribution in [0.1, 0.15) is 10.4 Å². The van der Waals surface area contributed by atoms with Gasteiger partial charge in [-0.05, 0) is 35.6 Å². The lowest BCUT2D eigenvalue weighted by Gasteiger charge is -1.99. The zero-order valence-corrected chi connectivity index (χ0v) is 17.8. The van der Waals surface area contributed by atoms with Crippen LogP contribution in [0, 0.1) is 10.1 Å². The molecule has 4 aromatic rings. The van der Waals surface area contributed by atoms with Gasteiger partial charge in [-0.2, -0.15) is 0 Å². The van der Waals surface area contributed by atoms with Gasteiger partial charge in [0.15, 0.2) is 0 Å². The SMILES string of the molecule is Br.O=C(CNc1[nH+]cc(-c2cc3ccccc3oc2=O)s1)c1ccc([N+](=O)[O-])cc1. The smallest absolute Gasteiger partial charge is 0.345 e. The number of benzene rings is 2. The number of nitro benzene ring substituents is 1. The zero-order chi connectivity index (χ0) is 20.4. The number of ketones is 1. The largest absolute Gasteiger partial charge is 0.422 e. The molecule has 0 atom stereocenters. The lowest BCUT2D eigenvalue weighted by Crippen LogP contribution is -2.17. The number of nitrogens with one attached hydrogen (secondary N) is 2. The van der Waals surface area contributed by atoms with Gasteiger partial charge in [0, 0.05) is 23.1 Å². The highest BCUT2D eigenvalue weighted by Gasteiger charge is 2.16. The number of fused-ring (bicyclic) bond motifs is 1. The summed E-state index contributed by atoms with van der Waals surface area (Å²) in [5, 5.41) is 15.1. The minimum Gasteiger partial charge on any atom is -0.422 e. The molecule has 0 aliphatic carbocycles. The fraction of sp³-hybridized carbons (Fsp3) is 0.0500. The summed E-state index contributed by atoms with van der Waals surface area (Å²) in [6, 6.07) is 14.5. The number of aromatic amines is 1. The molecule has 152 valence electrons. The third-order valence-corrected chi connectivity index (χ3v) is 5.29. The number of nitro groups is 1. The van der Waals surface area contributed by atoms with Crippen LogP contribution in [-0.2, 0) is 0 Å². The highest BCUT2D eigenvalue weighted by atomic mass is 79.9. The van der Waals surface area contributed by atoms with Crippen LogP contribution in [0.4, 0.5) is 10.8 Å². The summed E-state index contributed by atoms with van der Waals surface area (Å²) >= 11 is 1.28. The molecule has 0 aliphatic rings. The zero-order valence-electron chi connectivity index (χ0n) is 15.3. The van der Waals surface area contributed by atoms with Crippen molar-refractivity contribution in [3.63, 3.8) is 0 Å². The van der Waals surface area contributed by atoms with Crippen molar-refractivity contribution in [3.8, 4) is 10.4 Å². The number of hydrogen-bond acceptors (Lipinski definition) is 7. The molecule has 0 fully saturated rings. The summed E-state index contributed by atoms with van der Waals surface area (Å²) in [6.07, 6.45) is 1.67. The molecule has 0 spiro atoms. The van der Waals surface area contributed by atoms with Crippen LogP contribution < -0.4 is 15.9 Å². The molecule has 2 heterocycles. The first-order chi connectivity index (χ1) is 14.0. The summed E-state index contributed by atoms with van der Waals surface area (Å²) in [5.74, 6) is -0.214. The number of carbonyl (C=O) groups excluding carboxylic acids is 1. The Morgan fingerprint density at radius 1 is 1.17 bits per heavy atom. The van der Waals surface area contributed by atoms with E-state index in [-0.39, 0.29) is 35.0 Å². The van der Waals surface area contributed by atoms with Gasteiger partial charge in [-0.25, -0.2) is 9.78 Å². The Hall–Kier alpha value is -3.37. The molecule has 0 saturated carbocycles. The van der Waals surface area contributed by atoms with Crippen molar-refractivity contribution in [1.82, 2.24) is 0 Å². The second-order valence-electron chi connectivity index (χ2n) is 6.15. The predicted octanol–water partition coefficient (Wildman–Crippen LogP) is 4.12. The first-order valence-corrected chi connectivity index (χ1v) is 9.39. The van der Waals surface area contributed by atoms with Gasteiger partial charge in [-0.1, -0.05) is 18.2 Å². The molecule has 2 N–H and O–H groups in total. The van der Waals surface area contributed by atoms with Gasteiger partial charge in [-0.15, -0.1) is 17.0 Å². The number of anilines is 1. The monoisotopic (exact) mass is 488 g/mol. The van der Waals surface area contributed by atoms with Crippen molar-refractivity contribution in [2.45, 2.75) is 0 Å². The minimum absolute atomic E-state index is 0. The third kappa shape index (κ3) is 4.44. The van der Waals surface area contributed by atoms with Crippen molar-refractivity contribution < 1.29 is 19.1 Å². The average molecular weight is 489 g/mol. The number of para-hydroxylation sites is 1. The average Bonchev–Trinajstić information content (AvgIpc) is 3.20. The topological polar surface area (TPSA) is 117 Å². The molecule has 0 radical (unpaired) electrons. The molecule has 0 unspecified atom stereocenters. The van der Waals surface area contributed by atoms with E-state index in [0.717, 1.165) is 5.39 Å². The molecule has 4 rings (SSSR count). The van der Waals surface area contributed by atoms with Gasteiger partial charge >= 0.3 is 10.8 Å². The van der Waals surface area contributed by atoms with Crippen LogP contribution in [0.15, 0.2) is 70.0 Å². The van der Waals surface area contributed by atoms with E-state index >= 15 is 0 Å². The Bertz CT molecular complexity index is 1280. The number of halogens is 1. The van der Waals surface area contributed by atoms with Gasteiger partial charge in [0.25, 0.3) is 5.69 Å². The lowest BCUT2D eigenvalue weighted by molar-refractivity contribution is -0.384. The molecule has 0 aliphatic heterocycles. The summed E-state index contributed by atoms with van der Waals surface area (Å²) < 4.78 is 5.35. The maximum absolute atomic E-state index is 12.3. The van der Waals surface area contributed by atoms with Crippen LogP contribution >= 0.6 is 28.3 Å². The van der Waals surface area contributed by atoms with Crippen LogP contribution in [0.25, 0.3) is 21.4 Å². The fourth-order valence-electron chi connectivity index (χ4n) is 2.79. The van der Waals surface area contributed by atoms with E-state index in [1.165, 1.54) is 35.6 Å². The maximum Gasteiger partial charge on any atom is 0.345 e. The van der Waals surface area contributed by atoms with E-state index in [1.54, 1.807) is 24.4 Å². The van der Waals surface area contributed by atoms with Crippen molar-refractivity contribution in [1.29, 1.82) is 0 Å². The number of non-ortho nitro benzene ring substituents is 1. The van der Waals surface area contributed by atoms with Gasteiger partial charge in [0.1, 0.15) is 18.3 Å². The minimum atomic E-state index is -0.516. The highest BCUT2D eigenvalue weighted by Crippen LogP contribution is 2.26. The van der Waals surface area contributed by atoms with Gasteiger partial charge < -0.3 is 4.42 Å². The second kappa shape index (κ2) is 8.97. The van der Waals surface area contributed by atoms with E-state index in [4.69, 9.17) is 4.42 Å². The quantitative estimate of drug-likeness (QED) is 0.189. The van der Waals surface area contributed by atoms with Crippen LogP contribution in [0.5, 0.6) is 0 Å². The van der Waals surface area contributed by atoms with E-state index in [1.807, 2.05) is 12.1 Å². The van der Waals surface area contributed by atoms with Crippen molar-refractivity contribution in [2.24, 2.45) is 0 Å². The normalized spacial score (nSPS) is 10.4. The molecule has 0 amide bonds. The number of thiazole rings is 1. The van der Waals surface area contributed by atoms with Gasteiger partial charge in [0.2, 0.25) is 5.78 Å². The first-order valence-electron chi connectivity index (χ1n) is 8.57. The van der Waals surface area contributed by atoms with Crippen molar-refractivity contribution in [2.75, 3.05) is 11.9 Å². The Labute approximate surface area is 184 Å². The maximum atomic E-state index is 12.3. The van der Waals surface area contributed by atoms with E-state index in [9.17, 15) is 19.7 Å². The molecular formula is C20H15BrN3O5S+. The molecule has 2 aromatic heterocycles. The van der Waals surface area contributed by atoms with E-state index < -0.39 is 10.5 Å². The molecule has 0 bridgehead atoms. The van der Waals surface area contributed by atoms with Crippen molar-refractivity contribution >= 4 is 55.9 Å². The second-order valence-corrected chi connectivity index (χ2v) is 7.20. The number of Topliss-reactive ketones (excluding diaryl/α,β-unsaturated/α-hetero) is 1. The first kappa shape index (κ1) is 21.3. The van der Waals surface area contributed by atoms with Gasteiger partial charge in [0.05, 0.1) is 15.4 Å². The van der Waals surface area contributed by atoms with Crippen LogP contribution in [-0.4, -0.2) is 17.3 Å². The Morgan fingerprint density at radius 2 is 1.90 bits per heavy atom. The van der Waals surface area contributed by atoms with Crippen LogP contribution in [0.3, 0.4) is 0 Å². The van der Waals surface area contributed by atoms with Crippen LogP contribution in [0.2, 0.25) is 0 Å². The number of nitrogens with zero attached hydrogens (tertiary/aromatic N) is 1. The van der Waals surface area contributed by atoms with Crippen molar-refractivity contribution in [3.05, 3.63) is 86.9 Å². The predicted molar refractivity (Wildman–Crippen MR) is 119 cm³/mol. The molecule has 0 saturated heterocycles. The highest BCUT2D eigenvalue weighted by molar-refractivity contribution is 8.93. The Morgan fingerprint density at radius 3 is 2.63 bits per heavy atom. The number of aromatic nitrogens is 1. The number of hydrogen-bond donors (Lipinski definition) is 1. The number of carbonyl (C=O) groups is 1.